The van der Waals surface area contributed by atoms with E-state index in [1.807, 2.05) is 6.92 Å². The van der Waals surface area contributed by atoms with Gasteiger partial charge in [-0.2, -0.15) is 18.3 Å². The number of nitrogens with zero attached hydrogens (tertiary/aromatic N) is 3. The maximum atomic E-state index is 12.9. The molecule has 1 aromatic heterocycles. The first-order valence-corrected chi connectivity index (χ1v) is 8.54. The summed E-state index contributed by atoms with van der Waals surface area (Å²) in [6, 6.07) is 6.38. The van der Waals surface area contributed by atoms with Crippen molar-refractivity contribution in [2.75, 3.05) is 13.1 Å². The van der Waals surface area contributed by atoms with Crippen molar-refractivity contribution in [3.8, 4) is 5.69 Å². The maximum Gasteiger partial charge on any atom is 0.416 e. The lowest BCUT2D eigenvalue weighted by Gasteiger charge is -2.34. The lowest BCUT2D eigenvalue weighted by atomic mass is 9.92. The van der Waals surface area contributed by atoms with Gasteiger partial charge < -0.3 is 10.6 Å². The molecule has 0 radical (unpaired) electrons. The van der Waals surface area contributed by atoms with Gasteiger partial charge in [0.1, 0.15) is 0 Å². The minimum Gasteiger partial charge on any atom is -0.337 e. The third-order valence-electron chi connectivity index (χ3n) is 4.73. The standard InChI is InChI=1S/C18H21F3N4O/c1-12(22)13-4-3-8-24(11-13)17(26)16-7-9-25(23-16)15-6-2-5-14(10-15)18(19,20)21/h2,5-7,9-10,12-13H,3-4,8,11,22H2,1H3/t12-,13-/m1/s1. The molecule has 2 aromatic rings. The third-order valence-corrected chi connectivity index (χ3v) is 4.73. The molecule has 1 saturated heterocycles. The minimum atomic E-state index is -4.43. The number of alkyl halides is 3. The summed E-state index contributed by atoms with van der Waals surface area (Å²) in [6.07, 6.45) is -1.06. The smallest absolute Gasteiger partial charge is 0.337 e. The van der Waals surface area contributed by atoms with Crippen LogP contribution in [0.4, 0.5) is 13.2 Å². The molecular weight excluding hydrogens is 345 g/mol. The number of hydrogen-bond acceptors (Lipinski definition) is 3. The SMILES string of the molecule is C[C@@H](N)[C@@H]1CCCN(C(=O)c2ccn(-c3cccc(C(F)(F)F)c3)n2)C1. The van der Waals surface area contributed by atoms with Crippen LogP contribution in [0.15, 0.2) is 36.5 Å². The van der Waals surface area contributed by atoms with Gasteiger partial charge in [0.2, 0.25) is 0 Å². The molecule has 2 N–H and O–H groups in total. The Hall–Kier alpha value is -2.35. The number of carbonyl (C=O) groups excluding carboxylic acids is 1. The molecule has 3 rings (SSSR count). The van der Waals surface area contributed by atoms with E-state index in [9.17, 15) is 18.0 Å². The van der Waals surface area contributed by atoms with Crippen LogP contribution in [0, 0.1) is 5.92 Å². The van der Waals surface area contributed by atoms with Crippen LogP contribution in [0.1, 0.15) is 35.8 Å². The van der Waals surface area contributed by atoms with Crippen molar-refractivity contribution in [2.24, 2.45) is 11.7 Å². The molecule has 0 saturated carbocycles. The first-order chi connectivity index (χ1) is 12.3. The number of piperidine rings is 1. The lowest BCUT2D eigenvalue weighted by Crippen LogP contribution is -2.45. The number of hydrogen-bond donors (Lipinski definition) is 1. The molecular formula is C18H21F3N4O. The van der Waals surface area contributed by atoms with Gasteiger partial charge in [0.05, 0.1) is 11.3 Å². The summed E-state index contributed by atoms with van der Waals surface area (Å²) in [5.41, 5.74) is 5.66. The van der Waals surface area contributed by atoms with E-state index in [1.54, 1.807) is 4.90 Å². The Morgan fingerprint density at radius 3 is 2.81 bits per heavy atom. The zero-order valence-electron chi connectivity index (χ0n) is 14.4. The molecule has 2 heterocycles. The van der Waals surface area contributed by atoms with Crippen LogP contribution in [0.5, 0.6) is 0 Å². The van der Waals surface area contributed by atoms with Crippen LogP contribution in [0.25, 0.3) is 5.69 Å². The van der Waals surface area contributed by atoms with Gasteiger partial charge >= 0.3 is 6.18 Å². The van der Waals surface area contributed by atoms with Crippen molar-refractivity contribution in [3.63, 3.8) is 0 Å². The van der Waals surface area contributed by atoms with E-state index in [4.69, 9.17) is 5.73 Å². The van der Waals surface area contributed by atoms with Crippen LogP contribution in [0.3, 0.4) is 0 Å². The molecule has 5 nitrogen and oxygen atoms in total. The normalized spacial score (nSPS) is 19.4. The van der Waals surface area contributed by atoms with Crippen molar-refractivity contribution in [3.05, 3.63) is 47.8 Å². The highest BCUT2D eigenvalue weighted by Crippen LogP contribution is 2.30. The van der Waals surface area contributed by atoms with Gasteiger partial charge in [0.15, 0.2) is 5.69 Å². The predicted molar refractivity (Wildman–Crippen MR) is 90.8 cm³/mol. The lowest BCUT2D eigenvalue weighted by molar-refractivity contribution is -0.137. The number of halogens is 3. The average Bonchev–Trinajstić information content (AvgIpc) is 3.10. The molecule has 0 spiro atoms. The molecule has 1 fully saturated rings. The van der Waals surface area contributed by atoms with Crippen LogP contribution < -0.4 is 5.73 Å². The summed E-state index contributed by atoms with van der Waals surface area (Å²) in [5.74, 6) is 0.0272. The maximum absolute atomic E-state index is 12.9. The van der Waals surface area contributed by atoms with Gasteiger partial charge in [-0.3, -0.25) is 4.79 Å². The summed E-state index contributed by atoms with van der Waals surface area (Å²) in [5, 5.41) is 4.18. The van der Waals surface area contributed by atoms with Gasteiger partial charge in [-0.15, -0.1) is 0 Å². The Morgan fingerprint density at radius 1 is 1.35 bits per heavy atom. The van der Waals surface area contributed by atoms with E-state index in [0.29, 0.717) is 13.1 Å². The van der Waals surface area contributed by atoms with E-state index in [0.717, 1.165) is 25.0 Å². The fourth-order valence-corrected chi connectivity index (χ4v) is 3.19. The zero-order chi connectivity index (χ0) is 18.9. The topological polar surface area (TPSA) is 64.2 Å². The highest BCUT2D eigenvalue weighted by Gasteiger charge is 2.31. The van der Waals surface area contributed by atoms with Crippen LogP contribution >= 0.6 is 0 Å². The highest BCUT2D eigenvalue weighted by atomic mass is 19.4. The molecule has 0 aliphatic carbocycles. The molecule has 1 aromatic carbocycles. The molecule has 26 heavy (non-hydrogen) atoms. The molecule has 0 unspecified atom stereocenters. The van der Waals surface area contributed by atoms with Crippen LogP contribution in [0.2, 0.25) is 0 Å². The Bertz CT molecular complexity index is 785. The number of carbonyl (C=O) groups is 1. The Morgan fingerprint density at radius 2 is 2.12 bits per heavy atom. The van der Waals surface area contributed by atoms with Crippen molar-refractivity contribution >= 4 is 5.91 Å². The first kappa shape index (κ1) is 18.4. The van der Waals surface area contributed by atoms with E-state index in [-0.39, 0.29) is 29.2 Å². The molecule has 2 atom stereocenters. The fourth-order valence-electron chi connectivity index (χ4n) is 3.19. The first-order valence-electron chi connectivity index (χ1n) is 8.54. The van der Waals surface area contributed by atoms with E-state index < -0.39 is 11.7 Å². The Kier molecular flexibility index (Phi) is 5.04. The average molecular weight is 366 g/mol. The highest BCUT2D eigenvalue weighted by molar-refractivity contribution is 5.92. The summed E-state index contributed by atoms with van der Waals surface area (Å²) in [4.78, 5) is 14.4. The van der Waals surface area contributed by atoms with Gasteiger partial charge in [-0.1, -0.05) is 6.07 Å². The third kappa shape index (κ3) is 3.90. The van der Waals surface area contributed by atoms with Crippen LogP contribution in [-0.2, 0) is 6.18 Å². The largest absolute Gasteiger partial charge is 0.416 e. The van der Waals surface area contributed by atoms with E-state index in [2.05, 4.69) is 5.10 Å². The van der Waals surface area contributed by atoms with Gasteiger partial charge in [0, 0.05) is 25.3 Å². The molecule has 1 amide bonds. The van der Waals surface area contributed by atoms with Gasteiger partial charge in [0.25, 0.3) is 5.91 Å². The van der Waals surface area contributed by atoms with Crippen LogP contribution in [-0.4, -0.2) is 39.7 Å². The van der Waals surface area contributed by atoms with Gasteiger partial charge in [-0.05, 0) is 49.9 Å². The number of amides is 1. The molecule has 0 bridgehead atoms. The number of aromatic nitrogens is 2. The number of likely N-dealkylation sites (tertiary alicyclic amines) is 1. The van der Waals surface area contributed by atoms with Crippen molar-refractivity contribution in [1.82, 2.24) is 14.7 Å². The van der Waals surface area contributed by atoms with E-state index >= 15 is 0 Å². The summed E-state index contributed by atoms with van der Waals surface area (Å²) >= 11 is 0. The van der Waals surface area contributed by atoms with Crippen molar-refractivity contribution in [1.29, 1.82) is 0 Å². The summed E-state index contributed by atoms with van der Waals surface area (Å²) < 4.78 is 39.9. The van der Waals surface area contributed by atoms with Gasteiger partial charge in [-0.25, -0.2) is 4.68 Å². The molecule has 1 aliphatic heterocycles. The number of nitrogens with two attached hydrogens (primary N) is 1. The number of benzene rings is 1. The second kappa shape index (κ2) is 7.11. The molecule has 8 heteroatoms. The van der Waals surface area contributed by atoms with Crippen molar-refractivity contribution < 1.29 is 18.0 Å². The van der Waals surface area contributed by atoms with E-state index in [1.165, 1.54) is 29.1 Å². The molecule has 1 aliphatic rings. The predicted octanol–water partition coefficient (Wildman–Crippen LogP) is 3.09. The molecule has 140 valence electrons. The summed E-state index contributed by atoms with van der Waals surface area (Å²) in [6.45, 7) is 3.15. The monoisotopic (exact) mass is 366 g/mol. The fraction of sp³-hybridized carbons (Fsp3) is 0.444. The second-order valence-corrected chi connectivity index (χ2v) is 6.71. The minimum absolute atomic E-state index is 0.00765. The zero-order valence-corrected chi connectivity index (χ0v) is 14.4. The quantitative estimate of drug-likeness (QED) is 0.908. The Labute approximate surface area is 149 Å². The Balaban J connectivity index is 1.78. The second-order valence-electron chi connectivity index (χ2n) is 6.71. The van der Waals surface area contributed by atoms with Crippen molar-refractivity contribution in [2.45, 2.75) is 32.0 Å². The summed E-state index contributed by atoms with van der Waals surface area (Å²) in [7, 11) is 0. The number of rotatable bonds is 3.